The SMILES string of the molecule is CN1CCC2(CC2C(N)=O)C1. The van der Waals surface area contributed by atoms with Crippen molar-refractivity contribution in [1.82, 2.24) is 4.90 Å². The number of hydrogen-bond acceptors (Lipinski definition) is 2. The van der Waals surface area contributed by atoms with Gasteiger partial charge in [0.25, 0.3) is 0 Å². The summed E-state index contributed by atoms with van der Waals surface area (Å²) in [5, 5.41) is 0. The third-order valence-electron chi connectivity index (χ3n) is 3.11. The minimum atomic E-state index is -0.0969. The Hall–Kier alpha value is -0.570. The maximum Gasteiger partial charge on any atom is 0.221 e. The third-order valence-corrected chi connectivity index (χ3v) is 3.11. The van der Waals surface area contributed by atoms with Crippen molar-refractivity contribution in [3.63, 3.8) is 0 Å². The first-order chi connectivity index (χ1) is 5.14. The summed E-state index contributed by atoms with van der Waals surface area (Å²) in [7, 11) is 2.10. The van der Waals surface area contributed by atoms with Gasteiger partial charge in [-0.05, 0) is 31.8 Å². The molecule has 0 aromatic carbocycles. The molecule has 2 atom stereocenters. The second-order valence-corrected chi connectivity index (χ2v) is 4.01. The van der Waals surface area contributed by atoms with Gasteiger partial charge in [-0.3, -0.25) is 4.79 Å². The van der Waals surface area contributed by atoms with Gasteiger partial charge in [0, 0.05) is 12.5 Å². The van der Waals surface area contributed by atoms with E-state index < -0.39 is 0 Å². The Labute approximate surface area is 66.5 Å². The lowest BCUT2D eigenvalue weighted by atomic mass is 10.0. The van der Waals surface area contributed by atoms with Gasteiger partial charge in [-0.15, -0.1) is 0 Å². The summed E-state index contributed by atoms with van der Waals surface area (Å²) in [6.45, 7) is 2.20. The average Bonchev–Trinajstić information content (AvgIpc) is 2.48. The van der Waals surface area contributed by atoms with Crippen molar-refractivity contribution in [1.29, 1.82) is 0 Å². The van der Waals surface area contributed by atoms with Crippen molar-refractivity contribution in [2.24, 2.45) is 17.1 Å². The molecule has 1 spiro atoms. The Bertz CT molecular complexity index is 204. The van der Waals surface area contributed by atoms with E-state index in [4.69, 9.17) is 5.73 Å². The fraction of sp³-hybridized carbons (Fsp3) is 0.875. The van der Waals surface area contributed by atoms with Crippen molar-refractivity contribution in [2.75, 3.05) is 20.1 Å². The number of nitrogens with two attached hydrogens (primary N) is 1. The summed E-state index contributed by atoms with van der Waals surface area (Å²) < 4.78 is 0. The Morgan fingerprint density at radius 3 is 2.82 bits per heavy atom. The van der Waals surface area contributed by atoms with Gasteiger partial charge < -0.3 is 10.6 Å². The molecule has 2 N–H and O–H groups in total. The molecule has 1 amide bonds. The lowest BCUT2D eigenvalue weighted by Gasteiger charge is -2.07. The molecule has 1 saturated carbocycles. The van der Waals surface area contributed by atoms with E-state index in [2.05, 4.69) is 11.9 Å². The minimum Gasteiger partial charge on any atom is -0.369 e. The number of carbonyl (C=O) groups excluding carboxylic acids is 1. The minimum absolute atomic E-state index is 0.0969. The van der Waals surface area contributed by atoms with Gasteiger partial charge in [-0.2, -0.15) is 0 Å². The van der Waals surface area contributed by atoms with Crippen LogP contribution in [0.2, 0.25) is 0 Å². The molecule has 62 valence electrons. The highest BCUT2D eigenvalue weighted by molar-refractivity contribution is 5.80. The molecule has 2 rings (SSSR count). The molecular weight excluding hydrogens is 140 g/mol. The number of rotatable bonds is 1. The summed E-state index contributed by atoms with van der Waals surface area (Å²) in [6.07, 6.45) is 2.20. The van der Waals surface area contributed by atoms with Crippen molar-refractivity contribution in [2.45, 2.75) is 12.8 Å². The average molecular weight is 154 g/mol. The topological polar surface area (TPSA) is 46.3 Å². The molecule has 2 fully saturated rings. The van der Waals surface area contributed by atoms with Gasteiger partial charge in [0.2, 0.25) is 5.91 Å². The Morgan fingerprint density at radius 1 is 1.73 bits per heavy atom. The standard InChI is InChI=1S/C8H14N2O/c1-10-3-2-8(5-10)4-6(8)7(9)11/h6H,2-5H2,1H3,(H2,9,11). The van der Waals surface area contributed by atoms with Gasteiger partial charge in [0.1, 0.15) is 0 Å². The number of nitrogens with zero attached hydrogens (tertiary/aromatic N) is 1. The quantitative estimate of drug-likeness (QED) is 0.569. The zero-order chi connectivity index (χ0) is 8.06. The van der Waals surface area contributed by atoms with Gasteiger partial charge in [-0.1, -0.05) is 0 Å². The molecule has 3 heteroatoms. The molecule has 1 aliphatic heterocycles. The van der Waals surface area contributed by atoms with Crippen LogP contribution in [0.3, 0.4) is 0 Å². The first-order valence-electron chi connectivity index (χ1n) is 4.12. The van der Waals surface area contributed by atoms with Crippen LogP contribution in [0.5, 0.6) is 0 Å². The van der Waals surface area contributed by atoms with Crippen LogP contribution >= 0.6 is 0 Å². The fourth-order valence-corrected chi connectivity index (χ4v) is 2.31. The van der Waals surface area contributed by atoms with Crippen LogP contribution in [-0.4, -0.2) is 30.9 Å². The van der Waals surface area contributed by atoms with E-state index in [-0.39, 0.29) is 11.8 Å². The molecule has 2 aliphatic rings. The van der Waals surface area contributed by atoms with Gasteiger partial charge in [-0.25, -0.2) is 0 Å². The molecule has 2 unspecified atom stereocenters. The number of amides is 1. The van der Waals surface area contributed by atoms with Gasteiger partial charge in [0.15, 0.2) is 0 Å². The number of carbonyl (C=O) groups is 1. The summed E-state index contributed by atoms with van der Waals surface area (Å²) in [6, 6.07) is 0. The molecule has 1 saturated heterocycles. The summed E-state index contributed by atoms with van der Waals surface area (Å²) in [5.41, 5.74) is 5.55. The van der Waals surface area contributed by atoms with Gasteiger partial charge in [0.05, 0.1) is 0 Å². The molecular formula is C8H14N2O. The van der Waals surface area contributed by atoms with Crippen LogP contribution in [0.1, 0.15) is 12.8 Å². The second-order valence-electron chi connectivity index (χ2n) is 4.01. The largest absolute Gasteiger partial charge is 0.369 e. The molecule has 1 heterocycles. The van der Waals surface area contributed by atoms with Crippen LogP contribution in [0, 0.1) is 11.3 Å². The monoisotopic (exact) mass is 154 g/mol. The van der Waals surface area contributed by atoms with Crippen molar-refractivity contribution >= 4 is 5.91 Å². The Balaban J connectivity index is 2.02. The number of hydrogen-bond donors (Lipinski definition) is 1. The highest BCUT2D eigenvalue weighted by atomic mass is 16.1. The Kier molecular flexibility index (Phi) is 1.27. The van der Waals surface area contributed by atoms with E-state index >= 15 is 0 Å². The maximum absolute atomic E-state index is 10.8. The fourth-order valence-electron chi connectivity index (χ4n) is 2.31. The molecule has 1 aliphatic carbocycles. The van der Waals surface area contributed by atoms with E-state index in [9.17, 15) is 4.79 Å². The second kappa shape index (κ2) is 1.97. The van der Waals surface area contributed by atoms with E-state index in [0.717, 1.165) is 25.9 Å². The van der Waals surface area contributed by atoms with Crippen LogP contribution in [0.4, 0.5) is 0 Å². The highest BCUT2D eigenvalue weighted by Crippen LogP contribution is 2.57. The lowest BCUT2D eigenvalue weighted by Crippen LogP contribution is -2.21. The molecule has 11 heavy (non-hydrogen) atoms. The number of primary amides is 1. The maximum atomic E-state index is 10.8. The van der Waals surface area contributed by atoms with E-state index in [1.165, 1.54) is 0 Å². The third kappa shape index (κ3) is 0.948. The van der Waals surface area contributed by atoms with E-state index in [1.54, 1.807) is 0 Å². The summed E-state index contributed by atoms with van der Waals surface area (Å²) in [4.78, 5) is 13.1. The van der Waals surface area contributed by atoms with Crippen molar-refractivity contribution in [3.8, 4) is 0 Å². The summed E-state index contributed by atoms with van der Waals surface area (Å²) >= 11 is 0. The predicted molar refractivity (Wildman–Crippen MR) is 41.8 cm³/mol. The van der Waals surface area contributed by atoms with Crippen LogP contribution in [-0.2, 0) is 4.79 Å². The van der Waals surface area contributed by atoms with E-state index in [1.807, 2.05) is 0 Å². The normalized spacial score (nSPS) is 43.2. The van der Waals surface area contributed by atoms with Gasteiger partial charge >= 0.3 is 0 Å². The first kappa shape index (κ1) is 7.10. The molecule has 0 aromatic heterocycles. The molecule has 0 radical (unpaired) electrons. The van der Waals surface area contributed by atoms with Crippen LogP contribution in [0.15, 0.2) is 0 Å². The van der Waals surface area contributed by atoms with Crippen LogP contribution in [0.25, 0.3) is 0 Å². The zero-order valence-corrected chi connectivity index (χ0v) is 6.84. The molecule has 3 nitrogen and oxygen atoms in total. The van der Waals surface area contributed by atoms with Crippen molar-refractivity contribution < 1.29 is 4.79 Å². The number of likely N-dealkylation sites (tertiary alicyclic amines) is 1. The summed E-state index contributed by atoms with van der Waals surface area (Å²) in [5.74, 6) is 0.0905. The smallest absolute Gasteiger partial charge is 0.221 e. The van der Waals surface area contributed by atoms with Crippen LogP contribution < -0.4 is 5.73 Å². The van der Waals surface area contributed by atoms with E-state index in [0.29, 0.717) is 5.41 Å². The zero-order valence-electron chi connectivity index (χ0n) is 6.84. The molecule has 0 bridgehead atoms. The Morgan fingerprint density at radius 2 is 2.45 bits per heavy atom. The first-order valence-corrected chi connectivity index (χ1v) is 4.12. The molecule has 0 aromatic rings. The van der Waals surface area contributed by atoms with Crippen molar-refractivity contribution in [3.05, 3.63) is 0 Å². The lowest BCUT2D eigenvalue weighted by molar-refractivity contribution is -0.119. The predicted octanol–water partition coefficient (Wildman–Crippen LogP) is -0.187. The highest BCUT2D eigenvalue weighted by Gasteiger charge is 2.59.